The summed E-state index contributed by atoms with van der Waals surface area (Å²) in [7, 11) is 2.06. The van der Waals surface area contributed by atoms with E-state index in [2.05, 4.69) is 87.2 Å². The van der Waals surface area contributed by atoms with Crippen LogP contribution in [0.25, 0.3) is 33.7 Å². The van der Waals surface area contributed by atoms with Gasteiger partial charge in [0.05, 0.1) is 22.5 Å². The predicted molar refractivity (Wildman–Crippen MR) is 170 cm³/mol. The number of Topliss-reactive ketones (excluding diaryl/α,β-unsaturated/α-hetero) is 2. The first-order valence-electron chi connectivity index (χ1n) is 14.5. The Labute approximate surface area is 245 Å². The lowest BCUT2D eigenvalue weighted by Gasteiger charge is -2.26. The number of rotatable bonds is 3. The van der Waals surface area contributed by atoms with Crippen LogP contribution in [-0.2, 0) is 7.05 Å². The molecule has 0 fully saturated rings. The lowest BCUT2D eigenvalue weighted by Crippen LogP contribution is -2.17. The topological polar surface area (TPSA) is 56.9 Å². The van der Waals surface area contributed by atoms with Crippen LogP contribution in [0.2, 0.25) is 0 Å². The molecule has 208 valence electrons. The van der Waals surface area contributed by atoms with E-state index < -0.39 is 0 Å². The maximum atomic E-state index is 13.7. The zero-order chi connectivity index (χ0) is 29.4. The summed E-state index contributed by atoms with van der Waals surface area (Å²) in [5.41, 5.74) is 9.47. The minimum Gasteiger partial charge on any atom is -0.329 e. The Bertz CT molecular complexity index is 2020. The van der Waals surface area contributed by atoms with Gasteiger partial charge in [-0.1, -0.05) is 72.7 Å². The highest BCUT2D eigenvalue weighted by Crippen LogP contribution is 2.40. The van der Waals surface area contributed by atoms with Crippen molar-refractivity contribution in [3.05, 3.63) is 123 Å². The van der Waals surface area contributed by atoms with E-state index in [-0.39, 0.29) is 23.1 Å². The van der Waals surface area contributed by atoms with Crippen molar-refractivity contribution >= 4 is 39.6 Å². The average molecular weight is 552 g/mol. The van der Waals surface area contributed by atoms with E-state index in [0.717, 1.165) is 50.3 Å². The minimum atomic E-state index is -0.230. The third kappa shape index (κ3) is 3.80. The van der Waals surface area contributed by atoms with E-state index in [4.69, 9.17) is 4.98 Å². The number of hydrogen-bond acceptors (Lipinski definition) is 3. The van der Waals surface area contributed by atoms with Crippen LogP contribution < -0.4 is 0 Å². The molecule has 3 aromatic carbocycles. The molecule has 0 radical (unpaired) electrons. The van der Waals surface area contributed by atoms with Crippen molar-refractivity contribution < 1.29 is 9.59 Å². The van der Waals surface area contributed by atoms with Gasteiger partial charge < -0.3 is 4.57 Å². The highest BCUT2D eigenvalue weighted by Gasteiger charge is 2.35. The van der Waals surface area contributed by atoms with Gasteiger partial charge in [0, 0.05) is 24.1 Å². The number of hydrogen-bond donors (Lipinski definition) is 0. The van der Waals surface area contributed by atoms with Gasteiger partial charge in [0.1, 0.15) is 5.82 Å². The Balaban J connectivity index is 1.44. The molecule has 2 unspecified atom stereocenters. The molecule has 5 nitrogen and oxygen atoms in total. The van der Waals surface area contributed by atoms with Crippen molar-refractivity contribution in [2.45, 2.75) is 40.5 Å². The van der Waals surface area contributed by atoms with E-state index in [1.54, 1.807) is 6.08 Å². The molecule has 0 spiro atoms. The maximum Gasteiger partial charge on any atom is 0.197 e. The van der Waals surface area contributed by atoms with Crippen LogP contribution in [0.15, 0.2) is 89.5 Å². The van der Waals surface area contributed by atoms with Gasteiger partial charge in [-0.3, -0.25) is 14.2 Å². The lowest BCUT2D eigenvalue weighted by molar-refractivity contribution is 0.0990. The van der Waals surface area contributed by atoms with E-state index >= 15 is 0 Å². The first kappa shape index (κ1) is 26.1. The second-order valence-corrected chi connectivity index (χ2v) is 12.0. The van der Waals surface area contributed by atoms with Crippen molar-refractivity contribution in [1.29, 1.82) is 0 Å². The molecule has 5 heteroatoms. The summed E-state index contributed by atoms with van der Waals surface area (Å²) in [6, 6.07) is 19.8. The summed E-state index contributed by atoms with van der Waals surface area (Å²) in [6.07, 6.45) is 6.33. The molecule has 7 rings (SSSR count). The Morgan fingerprint density at radius 3 is 2.05 bits per heavy atom. The summed E-state index contributed by atoms with van der Waals surface area (Å²) in [5, 5.41) is 1.90. The fraction of sp³-hybridized carbons (Fsp3) is 0.216. The second-order valence-electron chi connectivity index (χ2n) is 12.0. The van der Waals surface area contributed by atoms with Gasteiger partial charge in [-0.15, -0.1) is 0 Å². The van der Waals surface area contributed by atoms with Crippen molar-refractivity contribution in [2.75, 3.05) is 0 Å². The quantitative estimate of drug-likeness (QED) is 0.168. The number of para-hydroxylation sites is 1. The number of benzene rings is 3. The van der Waals surface area contributed by atoms with Crippen molar-refractivity contribution in [3.8, 4) is 5.69 Å². The van der Waals surface area contributed by atoms with Gasteiger partial charge in [-0.2, -0.15) is 0 Å². The molecule has 2 aromatic heterocycles. The van der Waals surface area contributed by atoms with Gasteiger partial charge in [-0.05, 0) is 79.8 Å². The molecule has 0 N–H and O–H groups in total. The fourth-order valence-corrected chi connectivity index (χ4v) is 7.09. The third-order valence-electron chi connectivity index (χ3n) is 9.00. The molecular weight excluding hydrogens is 518 g/mol. The molecule has 2 aliphatic rings. The van der Waals surface area contributed by atoms with E-state index in [0.29, 0.717) is 17.0 Å². The van der Waals surface area contributed by atoms with Gasteiger partial charge in [-0.25, -0.2) is 4.98 Å². The molecule has 0 aliphatic heterocycles. The summed E-state index contributed by atoms with van der Waals surface area (Å²) in [4.78, 5) is 32.7. The molecular formula is C37H33N3O2. The summed E-state index contributed by atoms with van der Waals surface area (Å²) >= 11 is 0. The number of nitrogens with zero attached hydrogens (tertiary/aromatic N) is 3. The summed E-state index contributed by atoms with van der Waals surface area (Å²) < 4.78 is 4.30. The van der Waals surface area contributed by atoms with Crippen LogP contribution in [0.4, 0.5) is 0 Å². The van der Waals surface area contributed by atoms with E-state index in [9.17, 15) is 9.59 Å². The Morgan fingerprint density at radius 1 is 0.833 bits per heavy atom. The number of fused-ring (bicyclic) bond motifs is 3. The Morgan fingerprint density at radius 2 is 1.45 bits per heavy atom. The average Bonchev–Trinajstić information content (AvgIpc) is 3.52. The molecule has 42 heavy (non-hydrogen) atoms. The van der Waals surface area contributed by atoms with Crippen molar-refractivity contribution in [1.82, 2.24) is 14.1 Å². The normalized spacial score (nSPS) is 18.6. The zero-order valence-corrected chi connectivity index (χ0v) is 24.8. The van der Waals surface area contributed by atoms with Crippen molar-refractivity contribution in [2.24, 2.45) is 13.0 Å². The lowest BCUT2D eigenvalue weighted by atomic mass is 9.81. The number of carbonyl (C=O) groups is 2. The van der Waals surface area contributed by atoms with Crippen LogP contribution in [0, 0.1) is 19.8 Å². The molecule has 0 bridgehead atoms. The van der Waals surface area contributed by atoms with E-state index in [1.807, 2.05) is 36.4 Å². The predicted octanol–water partition coefficient (Wildman–Crippen LogP) is 8.22. The fourth-order valence-electron chi connectivity index (χ4n) is 7.09. The highest BCUT2D eigenvalue weighted by molar-refractivity contribution is 6.42. The smallest absolute Gasteiger partial charge is 0.197 e. The molecule has 2 heterocycles. The molecule has 0 saturated heterocycles. The van der Waals surface area contributed by atoms with Crippen LogP contribution in [0.5, 0.6) is 0 Å². The Hall–Kier alpha value is -4.77. The largest absolute Gasteiger partial charge is 0.329 e. The van der Waals surface area contributed by atoms with E-state index in [1.165, 1.54) is 11.1 Å². The number of carbonyl (C=O) groups excluding carboxylic acids is 2. The second kappa shape index (κ2) is 9.38. The number of ketones is 2. The number of aromatic nitrogens is 3. The Kier molecular flexibility index (Phi) is 5.84. The minimum absolute atomic E-state index is 0.168. The molecule has 0 saturated carbocycles. The molecule has 2 aliphatic carbocycles. The first-order valence-corrected chi connectivity index (χ1v) is 14.5. The van der Waals surface area contributed by atoms with Crippen LogP contribution >= 0.6 is 0 Å². The molecule has 5 aromatic rings. The van der Waals surface area contributed by atoms with Gasteiger partial charge in [0.25, 0.3) is 0 Å². The monoisotopic (exact) mass is 551 g/mol. The highest BCUT2D eigenvalue weighted by atomic mass is 16.2. The first-order chi connectivity index (χ1) is 20.1. The molecule has 2 atom stereocenters. The van der Waals surface area contributed by atoms with Crippen LogP contribution in [0.3, 0.4) is 0 Å². The SMILES string of the molecule is CC1=CC(C)C(c2nc3c(cc(C=C4C(=O)c5cc6ccccc6cc5C4=O)n3-c3c(C)cccc3C)n2C)C(C)=C1. The third-order valence-corrected chi connectivity index (χ3v) is 9.00. The van der Waals surface area contributed by atoms with Crippen LogP contribution in [0.1, 0.15) is 70.1 Å². The molecule has 0 amide bonds. The summed E-state index contributed by atoms with van der Waals surface area (Å²) in [5.74, 6) is 1.04. The van der Waals surface area contributed by atoms with Crippen molar-refractivity contribution in [3.63, 3.8) is 0 Å². The van der Waals surface area contributed by atoms with Gasteiger partial charge >= 0.3 is 0 Å². The van der Waals surface area contributed by atoms with Gasteiger partial charge in [0.2, 0.25) is 0 Å². The number of allylic oxidation sites excluding steroid dienone is 5. The van der Waals surface area contributed by atoms with Gasteiger partial charge in [0.15, 0.2) is 17.2 Å². The van der Waals surface area contributed by atoms with Crippen LogP contribution in [-0.4, -0.2) is 25.7 Å². The summed E-state index contributed by atoms with van der Waals surface area (Å²) in [6.45, 7) is 10.8. The zero-order valence-electron chi connectivity index (χ0n) is 24.8. The number of imidazole rings is 1. The standard InChI is InChI=1S/C37H33N3O2/c1-20-14-23(4)32(24(5)15-20)37-38-36-31(39(37)6)19-27(40(36)33-21(2)10-9-11-22(33)3)18-30-34(41)28-16-25-12-7-8-13-26(25)17-29(28)35(30)42/h7-19,23,32H,1-6H3. The maximum absolute atomic E-state index is 13.7. The number of aryl methyl sites for hydroxylation is 3.